The maximum absolute atomic E-state index is 13.7. The average molecular weight is 321 g/mol. The van der Waals surface area contributed by atoms with E-state index in [9.17, 15) is 9.18 Å². The van der Waals surface area contributed by atoms with Gasteiger partial charge in [0.05, 0.1) is 10.9 Å². The normalized spacial score (nSPS) is 19.5. The van der Waals surface area contributed by atoms with E-state index in [1.807, 2.05) is 0 Å². The average Bonchev–Trinajstić information content (AvgIpc) is 2.77. The highest BCUT2D eigenvalue weighted by Gasteiger charge is 2.32. The molecule has 0 bridgehead atoms. The zero-order chi connectivity index (χ0) is 16.4. The van der Waals surface area contributed by atoms with Crippen LogP contribution in [0.3, 0.4) is 0 Å². The molecule has 3 rings (SSSR count). The highest BCUT2D eigenvalue weighted by Crippen LogP contribution is 2.29. The highest BCUT2D eigenvalue weighted by atomic mass is 19.1. The van der Waals surface area contributed by atoms with Crippen molar-refractivity contribution < 1.29 is 18.4 Å². The summed E-state index contributed by atoms with van der Waals surface area (Å²) >= 11 is 0. The first-order valence-corrected chi connectivity index (χ1v) is 7.68. The number of benzene rings is 1. The Kier molecular flexibility index (Phi) is 4.32. The molecule has 0 saturated carbocycles. The molecule has 1 aliphatic heterocycles. The van der Waals surface area contributed by atoms with Crippen molar-refractivity contribution in [3.05, 3.63) is 29.7 Å². The first kappa shape index (κ1) is 15.9. The number of carbonyl (C=O) groups is 1. The minimum absolute atomic E-state index is 0.0946. The van der Waals surface area contributed by atoms with Crippen molar-refractivity contribution in [1.82, 2.24) is 15.8 Å². The second-order valence-corrected chi connectivity index (χ2v) is 6.18. The summed E-state index contributed by atoms with van der Waals surface area (Å²) in [6.07, 6.45) is 0.326. The van der Waals surface area contributed by atoms with Crippen molar-refractivity contribution in [2.75, 3.05) is 19.7 Å². The minimum Gasteiger partial charge on any atom is -0.367 e. The number of nitrogens with zero attached hydrogens (tertiary/aromatic N) is 1. The molecule has 1 aliphatic rings. The van der Waals surface area contributed by atoms with Crippen molar-refractivity contribution in [2.45, 2.75) is 31.9 Å². The van der Waals surface area contributed by atoms with Gasteiger partial charge in [-0.1, -0.05) is 11.2 Å². The van der Waals surface area contributed by atoms with E-state index < -0.39 is 17.5 Å². The predicted octanol–water partition coefficient (Wildman–Crippen LogP) is 1.70. The molecule has 2 aromatic rings. The van der Waals surface area contributed by atoms with Crippen molar-refractivity contribution >= 4 is 16.9 Å². The van der Waals surface area contributed by atoms with E-state index in [-0.39, 0.29) is 11.5 Å². The second kappa shape index (κ2) is 6.25. The quantitative estimate of drug-likeness (QED) is 0.900. The Morgan fingerprint density at radius 1 is 1.48 bits per heavy atom. The van der Waals surface area contributed by atoms with Gasteiger partial charge in [-0.15, -0.1) is 0 Å². The largest absolute Gasteiger partial charge is 0.367 e. The second-order valence-electron chi connectivity index (χ2n) is 6.18. The number of rotatable bonds is 3. The van der Waals surface area contributed by atoms with Gasteiger partial charge < -0.3 is 19.9 Å². The summed E-state index contributed by atoms with van der Waals surface area (Å²) in [6, 6.07) is 4.63. The molecule has 2 heterocycles. The van der Waals surface area contributed by atoms with Crippen LogP contribution in [0.25, 0.3) is 11.0 Å². The summed E-state index contributed by atoms with van der Waals surface area (Å²) in [5.41, 5.74) is -0.231. The van der Waals surface area contributed by atoms with E-state index in [2.05, 4.69) is 15.8 Å². The number of hydrogen-bond acceptors (Lipinski definition) is 5. The lowest BCUT2D eigenvalue weighted by Crippen LogP contribution is -2.49. The van der Waals surface area contributed by atoms with E-state index in [0.717, 1.165) is 13.0 Å². The molecule has 1 atom stereocenters. The molecule has 1 saturated heterocycles. The molecule has 0 aliphatic carbocycles. The molecule has 6 nitrogen and oxygen atoms in total. The molecule has 0 spiro atoms. The van der Waals surface area contributed by atoms with E-state index in [1.165, 1.54) is 6.07 Å². The number of halogens is 1. The lowest BCUT2D eigenvalue weighted by molar-refractivity contribution is -0.133. The van der Waals surface area contributed by atoms with E-state index in [4.69, 9.17) is 9.26 Å². The molecular weight excluding hydrogens is 301 g/mol. The summed E-state index contributed by atoms with van der Waals surface area (Å²) in [6.45, 7) is 5.45. The van der Waals surface area contributed by atoms with Gasteiger partial charge in [-0.2, -0.15) is 0 Å². The Hall–Kier alpha value is -1.99. The molecule has 1 aromatic carbocycles. The first-order chi connectivity index (χ1) is 11.0. The number of para-hydroxylation sites is 1. The molecule has 23 heavy (non-hydrogen) atoms. The molecule has 124 valence electrons. The number of amides is 1. The Labute approximate surface area is 133 Å². The van der Waals surface area contributed by atoms with Gasteiger partial charge in [0, 0.05) is 13.2 Å². The van der Waals surface area contributed by atoms with Crippen LogP contribution in [0.1, 0.15) is 26.0 Å². The number of hydrogen-bond donors (Lipinski definition) is 2. The fourth-order valence-corrected chi connectivity index (χ4v) is 2.71. The zero-order valence-corrected chi connectivity index (χ0v) is 13.2. The summed E-state index contributed by atoms with van der Waals surface area (Å²) in [7, 11) is 0. The van der Waals surface area contributed by atoms with Gasteiger partial charge in [0.1, 0.15) is 11.8 Å². The lowest BCUT2D eigenvalue weighted by atomic mass is 9.96. The summed E-state index contributed by atoms with van der Waals surface area (Å²) in [4.78, 5) is 12.5. The summed E-state index contributed by atoms with van der Waals surface area (Å²) < 4.78 is 24.4. The van der Waals surface area contributed by atoms with Crippen molar-refractivity contribution in [3.63, 3.8) is 0 Å². The zero-order valence-electron chi connectivity index (χ0n) is 13.2. The van der Waals surface area contributed by atoms with E-state index >= 15 is 0 Å². The monoisotopic (exact) mass is 321 g/mol. The minimum atomic E-state index is -0.814. The fourth-order valence-electron chi connectivity index (χ4n) is 2.71. The summed E-state index contributed by atoms with van der Waals surface area (Å²) in [5.74, 6) is -0.698. The van der Waals surface area contributed by atoms with Gasteiger partial charge >= 0.3 is 0 Å². The van der Waals surface area contributed by atoms with Gasteiger partial charge in [0.15, 0.2) is 5.82 Å². The Morgan fingerprint density at radius 3 is 3.13 bits per heavy atom. The number of aromatic nitrogens is 1. The van der Waals surface area contributed by atoms with Crippen LogP contribution in [0.2, 0.25) is 0 Å². The lowest BCUT2D eigenvalue weighted by Gasteiger charge is -2.26. The van der Waals surface area contributed by atoms with Crippen LogP contribution in [0.4, 0.5) is 4.39 Å². The van der Waals surface area contributed by atoms with Gasteiger partial charge in [-0.25, -0.2) is 4.39 Å². The van der Waals surface area contributed by atoms with Crippen molar-refractivity contribution in [2.24, 2.45) is 0 Å². The molecule has 0 radical (unpaired) electrons. The molecule has 7 heteroatoms. The SMILES string of the molecule is CC(C)(NC(=O)C1CNCCCO1)c1noc2c(F)cccc12. The van der Waals surface area contributed by atoms with E-state index in [0.29, 0.717) is 24.2 Å². The molecule has 1 aromatic heterocycles. The van der Waals surface area contributed by atoms with Gasteiger partial charge in [0.2, 0.25) is 5.58 Å². The topological polar surface area (TPSA) is 76.4 Å². The van der Waals surface area contributed by atoms with Crippen molar-refractivity contribution in [1.29, 1.82) is 0 Å². The molecule has 1 fully saturated rings. The molecule has 1 unspecified atom stereocenters. The highest BCUT2D eigenvalue weighted by molar-refractivity contribution is 5.84. The van der Waals surface area contributed by atoms with Crippen LogP contribution < -0.4 is 10.6 Å². The third-order valence-corrected chi connectivity index (χ3v) is 3.92. The van der Waals surface area contributed by atoms with E-state index in [1.54, 1.807) is 26.0 Å². The maximum Gasteiger partial charge on any atom is 0.251 e. The van der Waals surface area contributed by atoms with Crippen LogP contribution in [0.15, 0.2) is 22.7 Å². The first-order valence-electron chi connectivity index (χ1n) is 7.68. The number of fused-ring (bicyclic) bond motifs is 1. The predicted molar refractivity (Wildman–Crippen MR) is 82.4 cm³/mol. The van der Waals surface area contributed by atoms with Crippen molar-refractivity contribution in [3.8, 4) is 0 Å². The fraction of sp³-hybridized carbons (Fsp3) is 0.500. The number of ether oxygens (including phenoxy) is 1. The Bertz CT molecular complexity index is 706. The molecular formula is C16H20FN3O3. The smallest absolute Gasteiger partial charge is 0.251 e. The Morgan fingerprint density at radius 2 is 2.30 bits per heavy atom. The number of nitrogens with one attached hydrogen (secondary N) is 2. The van der Waals surface area contributed by atoms with Gasteiger partial charge in [-0.05, 0) is 38.9 Å². The Balaban J connectivity index is 1.82. The van der Waals surface area contributed by atoms with Gasteiger partial charge in [0.25, 0.3) is 5.91 Å². The molecule has 1 amide bonds. The maximum atomic E-state index is 13.7. The third-order valence-electron chi connectivity index (χ3n) is 3.92. The standard InChI is InChI=1S/C16H20FN3O3/c1-16(2,19-15(21)12-9-18-7-4-8-22-12)14-10-5-3-6-11(17)13(10)23-20-14/h3,5-6,12,18H,4,7-9H2,1-2H3,(H,19,21). The van der Waals surface area contributed by atoms with Crippen LogP contribution in [0, 0.1) is 5.82 Å². The van der Waals surface area contributed by atoms with Gasteiger partial charge in [-0.3, -0.25) is 4.79 Å². The van der Waals surface area contributed by atoms with Crippen LogP contribution in [-0.4, -0.2) is 36.9 Å². The van der Waals surface area contributed by atoms with Crippen LogP contribution in [0.5, 0.6) is 0 Å². The number of carbonyl (C=O) groups excluding carboxylic acids is 1. The van der Waals surface area contributed by atoms with Crippen LogP contribution >= 0.6 is 0 Å². The van der Waals surface area contributed by atoms with Crippen LogP contribution in [-0.2, 0) is 15.1 Å². The molecule has 2 N–H and O–H groups in total. The summed E-state index contributed by atoms with van der Waals surface area (Å²) in [5, 5.41) is 10.6. The third kappa shape index (κ3) is 3.20.